The molecule has 0 saturated heterocycles. The number of hydrogen-bond acceptors (Lipinski definition) is 4. The number of likely N-dealkylation sites (N-methyl/N-ethyl adjacent to an activating group) is 1. The van der Waals surface area contributed by atoms with E-state index in [1.54, 1.807) is 7.05 Å². The third-order valence-electron chi connectivity index (χ3n) is 1.66. The Morgan fingerprint density at radius 3 is 2.50 bits per heavy atom. The van der Waals surface area contributed by atoms with Gasteiger partial charge in [0.1, 0.15) is 13.2 Å². The normalized spacial score (nSPS) is 9.36. The predicted molar refractivity (Wildman–Crippen MR) is 50.5 cm³/mol. The first-order valence-electron chi connectivity index (χ1n) is 4.22. The molecular formula is C9H15NO4. The molecule has 0 unspecified atom stereocenters. The molecule has 0 radical (unpaired) electrons. The highest BCUT2D eigenvalue weighted by Crippen LogP contribution is 1.98. The molecule has 0 aromatic heterocycles. The van der Waals surface area contributed by atoms with Crippen molar-refractivity contribution >= 4 is 11.9 Å². The summed E-state index contributed by atoms with van der Waals surface area (Å²) in [6.45, 7) is 5.00. The van der Waals surface area contributed by atoms with Gasteiger partial charge >= 0.3 is 5.97 Å². The predicted octanol–water partition coefficient (Wildman–Crippen LogP) is -0.444. The van der Waals surface area contributed by atoms with E-state index in [0.717, 1.165) is 0 Å². The van der Waals surface area contributed by atoms with Crippen LogP contribution in [-0.2, 0) is 14.3 Å². The molecule has 0 aromatic carbocycles. The molecule has 0 bridgehead atoms. The quantitative estimate of drug-likeness (QED) is 0.483. The Hall–Kier alpha value is -1.36. The van der Waals surface area contributed by atoms with Crippen LogP contribution in [0.15, 0.2) is 12.2 Å². The third kappa shape index (κ3) is 4.04. The number of carbonyl (C=O) groups excluding carboxylic acids is 2. The number of nitrogens with zero attached hydrogens (tertiary/aromatic N) is 1. The summed E-state index contributed by atoms with van der Waals surface area (Å²) in [6.07, 6.45) is 0. The van der Waals surface area contributed by atoms with Gasteiger partial charge in [-0.3, -0.25) is 4.79 Å². The van der Waals surface area contributed by atoms with Crippen molar-refractivity contribution in [3.63, 3.8) is 0 Å². The second-order valence-electron chi connectivity index (χ2n) is 2.74. The van der Waals surface area contributed by atoms with Gasteiger partial charge in [-0.05, 0) is 6.92 Å². The highest BCUT2D eigenvalue weighted by molar-refractivity contribution is 5.93. The summed E-state index contributed by atoms with van der Waals surface area (Å²) in [4.78, 5) is 23.3. The molecule has 0 atom stereocenters. The molecule has 0 saturated carbocycles. The van der Waals surface area contributed by atoms with Gasteiger partial charge in [0.15, 0.2) is 0 Å². The Morgan fingerprint density at radius 2 is 2.07 bits per heavy atom. The van der Waals surface area contributed by atoms with Crippen molar-refractivity contribution in [2.45, 2.75) is 6.92 Å². The van der Waals surface area contributed by atoms with Gasteiger partial charge in [0.2, 0.25) is 0 Å². The Kier molecular flexibility index (Phi) is 5.55. The molecule has 0 aliphatic rings. The van der Waals surface area contributed by atoms with Crippen molar-refractivity contribution in [3.05, 3.63) is 12.2 Å². The van der Waals surface area contributed by atoms with Crippen molar-refractivity contribution in [1.29, 1.82) is 0 Å². The minimum absolute atomic E-state index is 0.178. The van der Waals surface area contributed by atoms with E-state index in [2.05, 4.69) is 11.3 Å². The van der Waals surface area contributed by atoms with Gasteiger partial charge in [-0.15, -0.1) is 0 Å². The molecular weight excluding hydrogens is 186 g/mol. The molecule has 0 fully saturated rings. The third-order valence-corrected chi connectivity index (χ3v) is 1.66. The summed E-state index contributed by atoms with van der Waals surface area (Å²) in [6, 6.07) is 0. The maximum atomic E-state index is 11.3. The lowest BCUT2D eigenvalue weighted by molar-refractivity contribution is -0.146. The molecule has 0 spiro atoms. The minimum Gasteiger partial charge on any atom is -0.459 e. The van der Waals surface area contributed by atoms with Crippen LogP contribution in [-0.4, -0.2) is 48.7 Å². The molecule has 0 heterocycles. The van der Waals surface area contributed by atoms with Gasteiger partial charge in [-0.1, -0.05) is 6.58 Å². The fraction of sp³-hybridized carbons (Fsp3) is 0.556. The lowest BCUT2D eigenvalue weighted by Gasteiger charge is -2.15. The number of rotatable bonds is 5. The zero-order valence-electron chi connectivity index (χ0n) is 8.45. The number of hydrogen-bond donors (Lipinski definition) is 1. The first kappa shape index (κ1) is 12.6. The monoisotopic (exact) mass is 201 g/mol. The molecule has 5 heteroatoms. The molecule has 80 valence electrons. The highest BCUT2D eigenvalue weighted by atomic mass is 16.5. The largest absolute Gasteiger partial charge is 0.459 e. The number of aliphatic hydroxyl groups is 1. The van der Waals surface area contributed by atoms with Crippen LogP contribution in [0.3, 0.4) is 0 Å². The van der Waals surface area contributed by atoms with E-state index in [4.69, 9.17) is 5.11 Å². The maximum absolute atomic E-state index is 11.3. The Bertz CT molecular complexity index is 237. The first-order valence-corrected chi connectivity index (χ1v) is 4.22. The van der Waals surface area contributed by atoms with Crippen LogP contribution >= 0.6 is 0 Å². The molecule has 1 N–H and O–H groups in total. The smallest absolute Gasteiger partial charge is 0.332 e. The maximum Gasteiger partial charge on any atom is 0.332 e. The summed E-state index contributed by atoms with van der Waals surface area (Å²) in [7, 11) is 1.63. The number of ether oxygens (including phenoxy) is 1. The molecule has 0 aliphatic heterocycles. The summed E-state index contributed by atoms with van der Waals surface area (Å²) in [5.74, 6) is -1.03. The number of esters is 1. The van der Waals surface area contributed by atoms with E-state index in [0.29, 0.717) is 6.54 Å². The summed E-state index contributed by atoms with van der Waals surface area (Å²) in [5, 5.41) is 8.34. The van der Waals surface area contributed by atoms with Gasteiger partial charge in [-0.2, -0.15) is 0 Å². The van der Waals surface area contributed by atoms with Crippen LogP contribution in [0.5, 0.6) is 0 Å². The molecule has 5 nitrogen and oxygen atoms in total. The number of amides is 1. The summed E-state index contributed by atoms with van der Waals surface area (Å²) >= 11 is 0. The molecule has 0 rings (SSSR count). The lowest BCUT2D eigenvalue weighted by atomic mass is 10.3. The van der Waals surface area contributed by atoms with Crippen LogP contribution in [0.2, 0.25) is 0 Å². The van der Waals surface area contributed by atoms with E-state index in [1.165, 1.54) is 4.90 Å². The van der Waals surface area contributed by atoms with Gasteiger partial charge in [0.05, 0.1) is 0 Å². The van der Waals surface area contributed by atoms with Gasteiger partial charge in [0.25, 0.3) is 5.91 Å². The van der Waals surface area contributed by atoms with Gasteiger partial charge in [0, 0.05) is 19.2 Å². The van der Waals surface area contributed by atoms with Crippen LogP contribution in [0.25, 0.3) is 0 Å². The fourth-order valence-electron chi connectivity index (χ4n) is 0.689. The van der Waals surface area contributed by atoms with E-state index < -0.39 is 12.6 Å². The topological polar surface area (TPSA) is 66.8 Å². The second kappa shape index (κ2) is 6.15. The number of carbonyl (C=O) groups is 2. The minimum atomic E-state index is -0.766. The van der Waals surface area contributed by atoms with Crippen molar-refractivity contribution < 1.29 is 19.4 Å². The van der Waals surface area contributed by atoms with Crippen LogP contribution in [0.4, 0.5) is 0 Å². The molecule has 0 aliphatic carbocycles. The zero-order valence-corrected chi connectivity index (χ0v) is 8.45. The van der Waals surface area contributed by atoms with Gasteiger partial charge < -0.3 is 14.7 Å². The number of aliphatic hydroxyl groups excluding tert-OH is 1. The Morgan fingerprint density at radius 1 is 1.50 bits per heavy atom. The highest BCUT2D eigenvalue weighted by Gasteiger charge is 2.12. The average molecular weight is 201 g/mol. The Labute approximate surface area is 83.0 Å². The van der Waals surface area contributed by atoms with Crippen molar-refractivity contribution in [1.82, 2.24) is 4.90 Å². The van der Waals surface area contributed by atoms with Crippen molar-refractivity contribution in [3.8, 4) is 0 Å². The second-order valence-corrected chi connectivity index (χ2v) is 2.74. The van der Waals surface area contributed by atoms with Crippen molar-refractivity contribution in [2.75, 3.05) is 26.8 Å². The van der Waals surface area contributed by atoms with Crippen LogP contribution in [0.1, 0.15) is 6.92 Å². The lowest BCUT2D eigenvalue weighted by Crippen LogP contribution is -2.29. The van der Waals surface area contributed by atoms with Crippen LogP contribution < -0.4 is 0 Å². The Balaban J connectivity index is 3.97. The van der Waals surface area contributed by atoms with E-state index in [-0.39, 0.29) is 18.1 Å². The fourth-order valence-corrected chi connectivity index (χ4v) is 0.689. The van der Waals surface area contributed by atoms with E-state index in [1.807, 2.05) is 6.92 Å². The molecule has 1 amide bonds. The summed E-state index contributed by atoms with van der Waals surface area (Å²) < 4.78 is 4.53. The van der Waals surface area contributed by atoms with Gasteiger partial charge in [-0.25, -0.2) is 4.79 Å². The SMILES string of the molecule is C=C(COC(=O)CO)C(=O)N(C)CC. The average Bonchev–Trinajstić information content (AvgIpc) is 2.22. The molecule has 0 aromatic rings. The first-order chi connectivity index (χ1) is 6.52. The van der Waals surface area contributed by atoms with Crippen molar-refractivity contribution in [2.24, 2.45) is 0 Å². The van der Waals surface area contributed by atoms with E-state index in [9.17, 15) is 9.59 Å². The zero-order chi connectivity index (χ0) is 11.1. The standard InChI is InChI=1S/C9H15NO4/c1-4-10(3)9(13)7(2)6-14-8(12)5-11/h11H,2,4-6H2,1,3H3. The van der Waals surface area contributed by atoms with E-state index >= 15 is 0 Å². The van der Waals surface area contributed by atoms with Crippen LogP contribution in [0, 0.1) is 0 Å². The summed E-state index contributed by atoms with van der Waals surface area (Å²) in [5.41, 5.74) is 0.191. The molecule has 14 heavy (non-hydrogen) atoms.